The number of aryl methyl sites for hydroxylation is 2. The van der Waals surface area contributed by atoms with Crippen molar-refractivity contribution in [1.29, 1.82) is 0 Å². The Kier molecular flexibility index (Phi) is 4.27. The predicted octanol–water partition coefficient (Wildman–Crippen LogP) is 1.88. The van der Waals surface area contributed by atoms with Gasteiger partial charge >= 0.3 is 0 Å². The number of nitrogens with zero attached hydrogens (tertiary/aromatic N) is 4. The van der Waals surface area contributed by atoms with Crippen LogP contribution in [-0.2, 0) is 13.0 Å². The minimum absolute atomic E-state index is 0.408. The molecule has 1 unspecified atom stereocenters. The van der Waals surface area contributed by atoms with Crippen LogP contribution in [0.2, 0.25) is 0 Å². The van der Waals surface area contributed by atoms with Gasteiger partial charge in [-0.1, -0.05) is 0 Å². The van der Waals surface area contributed by atoms with Crippen LogP contribution >= 0.6 is 0 Å². The lowest BCUT2D eigenvalue weighted by Crippen LogP contribution is -2.31. The van der Waals surface area contributed by atoms with E-state index in [4.69, 9.17) is 0 Å². The van der Waals surface area contributed by atoms with Crippen LogP contribution in [0.15, 0.2) is 18.6 Å². The van der Waals surface area contributed by atoms with Crippen LogP contribution in [-0.4, -0.2) is 38.2 Å². The first-order chi connectivity index (χ1) is 9.08. The van der Waals surface area contributed by atoms with Gasteiger partial charge in [0.15, 0.2) is 0 Å². The lowest BCUT2D eigenvalue weighted by molar-refractivity contribution is 0.246. The van der Waals surface area contributed by atoms with Crippen LogP contribution in [0, 0.1) is 13.8 Å². The summed E-state index contributed by atoms with van der Waals surface area (Å²) in [6, 6.07) is 0.408. The van der Waals surface area contributed by atoms with Gasteiger partial charge in [0.1, 0.15) is 0 Å². The molecular weight excluding hydrogens is 238 g/mol. The van der Waals surface area contributed by atoms with Crippen LogP contribution in [0.5, 0.6) is 0 Å². The van der Waals surface area contributed by atoms with Gasteiger partial charge in [0.2, 0.25) is 0 Å². The molecule has 2 heterocycles. The maximum Gasteiger partial charge on any atom is 0.0639 e. The molecule has 0 fully saturated rings. The molecule has 5 nitrogen and oxygen atoms in total. The van der Waals surface area contributed by atoms with Crippen LogP contribution < -0.4 is 0 Å². The fourth-order valence-corrected chi connectivity index (χ4v) is 2.11. The maximum atomic E-state index is 4.33. The molecule has 0 radical (unpaired) electrons. The molecular formula is C14H21N5. The molecule has 2 aromatic heterocycles. The molecule has 1 N–H and O–H groups in total. The highest BCUT2D eigenvalue weighted by Gasteiger charge is 2.14. The molecule has 0 aromatic carbocycles. The number of hydrogen-bond donors (Lipinski definition) is 1. The van der Waals surface area contributed by atoms with E-state index in [1.807, 2.05) is 13.1 Å². The molecule has 2 aromatic rings. The Morgan fingerprint density at radius 1 is 1.32 bits per heavy atom. The van der Waals surface area contributed by atoms with Gasteiger partial charge in [-0.15, -0.1) is 0 Å². The highest BCUT2D eigenvalue weighted by Crippen LogP contribution is 2.14. The monoisotopic (exact) mass is 259 g/mol. The van der Waals surface area contributed by atoms with Crippen molar-refractivity contribution in [3.8, 4) is 0 Å². The van der Waals surface area contributed by atoms with E-state index in [-0.39, 0.29) is 0 Å². The quantitative estimate of drug-likeness (QED) is 0.890. The molecule has 0 amide bonds. The van der Waals surface area contributed by atoms with Crippen molar-refractivity contribution in [2.24, 2.45) is 0 Å². The average molecular weight is 259 g/mol. The van der Waals surface area contributed by atoms with Crippen LogP contribution in [0.4, 0.5) is 0 Å². The summed E-state index contributed by atoms with van der Waals surface area (Å²) in [5.41, 5.74) is 4.54. The van der Waals surface area contributed by atoms with Gasteiger partial charge in [0, 0.05) is 48.9 Å². The predicted molar refractivity (Wildman–Crippen MR) is 74.7 cm³/mol. The normalized spacial score (nSPS) is 12.9. The fourth-order valence-electron chi connectivity index (χ4n) is 2.11. The van der Waals surface area contributed by atoms with Crippen LogP contribution in [0.1, 0.15) is 29.6 Å². The molecule has 2 rings (SSSR count). The highest BCUT2D eigenvalue weighted by atomic mass is 15.2. The number of aromatic amines is 1. The van der Waals surface area contributed by atoms with Gasteiger partial charge in [-0.2, -0.15) is 5.10 Å². The third-order valence-corrected chi connectivity index (χ3v) is 3.56. The lowest BCUT2D eigenvalue weighted by Gasteiger charge is -2.24. The topological polar surface area (TPSA) is 57.7 Å². The number of aromatic nitrogens is 4. The Balaban J connectivity index is 1.98. The number of likely N-dealkylation sites (N-methyl/N-ethyl adjacent to an activating group) is 1. The van der Waals surface area contributed by atoms with Gasteiger partial charge in [0.05, 0.1) is 11.4 Å². The Labute approximate surface area is 114 Å². The fraction of sp³-hybridized carbons (Fsp3) is 0.500. The Bertz CT molecular complexity index is 500. The second-order valence-corrected chi connectivity index (χ2v) is 5.08. The zero-order valence-electron chi connectivity index (χ0n) is 12.0. The van der Waals surface area contributed by atoms with Crippen molar-refractivity contribution < 1.29 is 0 Å². The number of rotatable bonds is 5. The van der Waals surface area contributed by atoms with Gasteiger partial charge in [-0.25, -0.2) is 0 Å². The summed E-state index contributed by atoms with van der Waals surface area (Å²) >= 11 is 0. The van der Waals surface area contributed by atoms with Gasteiger partial charge in [-0.05, 0) is 27.8 Å². The van der Waals surface area contributed by atoms with E-state index in [9.17, 15) is 0 Å². The molecule has 1 atom stereocenters. The second kappa shape index (κ2) is 5.93. The second-order valence-electron chi connectivity index (χ2n) is 5.08. The van der Waals surface area contributed by atoms with Gasteiger partial charge in [0.25, 0.3) is 0 Å². The van der Waals surface area contributed by atoms with Crippen molar-refractivity contribution in [1.82, 2.24) is 25.1 Å². The lowest BCUT2D eigenvalue weighted by atomic mass is 10.1. The van der Waals surface area contributed by atoms with Crippen LogP contribution in [0.3, 0.4) is 0 Å². The molecule has 19 heavy (non-hydrogen) atoms. The standard InChI is InChI=1S/C14H21N5/c1-10(7-13-8-15-5-6-16-13)19(4)9-14-11(2)17-18-12(14)3/h5-6,8,10H,7,9H2,1-4H3,(H,17,18). The number of nitrogens with one attached hydrogen (secondary N) is 1. The largest absolute Gasteiger partial charge is 0.299 e. The first-order valence-electron chi connectivity index (χ1n) is 6.53. The summed E-state index contributed by atoms with van der Waals surface area (Å²) in [5, 5.41) is 7.27. The molecule has 0 bridgehead atoms. The van der Waals surface area contributed by atoms with E-state index in [2.05, 4.69) is 46.0 Å². The number of H-pyrrole nitrogens is 1. The van der Waals surface area contributed by atoms with E-state index in [0.717, 1.165) is 30.0 Å². The first-order valence-corrected chi connectivity index (χ1v) is 6.53. The minimum Gasteiger partial charge on any atom is -0.299 e. The molecule has 0 aliphatic carbocycles. The molecule has 0 aliphatic heterocycles. The zero-order chi connectivity index (χ0) is 13.8. The smallest absolute Gasteiger partial charge is 0.0639 e. The average Bonchev–Trinajstić information content (AvgIpc) is 2.71. The zero-order valence-corrected chi connectivity index (χ0v) is 12.0. The van der Waals surface area contributed by atoms with E-state index in [1.165, 1.54) is 5.56 Å². The van der Waals surface area contributed by atoms with Crippen molar-refractivity contribution in [2.75, 3.05) is 7.05 Å². The van der Waals surface area contributed by atoms with Crippen molar-refractivity contribution in [2.45, 2.75) is 39.8 Å². The summed E-state index contributed by atoms with van der Waals surface area (Å²) in [6.45, 7) is 7.21. The minimum atomic E-state index is 0.408. The SMILES string of the molecule is Cc1n[nH]c(C)c1CN(C)C(C)Cc1cnccn1. The number of hydrogen-bond acceptors (Lipinski definition) is 4. The third-order valence-electron chi connectivity index (χ3n) is 3.56. The van der Waals surface area contributed by atoms with E-state index >= 15 is 0 Å². The Morgan fingerprint density at radius 3 is 2.68 bits per heavy atom. The van der Waals surface area contributed by atoms with E-state index in [1.54, 1.807) is 12.4 Å². The summed E-state index contributed by atoms with van der Waals surface area (Å²) in [7, 11) is 2.13. The molecule has 5 heteroatoms. The molecule has 0 aliphatic rings. The van der Waals surface area contributed by atoms with Crippen molar-refractivity contribution >= 4 is 0 Å². The molecule has 0 saturated carbocycles. The molecule has 0 spiro atoms. The van der Waals surface area contributed by atoms with E-state index < -0.39 is 0 Å². The Morgan fingerprint density at radius 2 is 2.11 bits per heavy atom. The van der Waals surface area contributed by atoms with Crippen molar-refractivity contribution in [3.05, 3.63) is 41.2 Å². The molecule has 0 saturated heterocycles. The van der Waals surface area contributed by atoms with Gasteiger partial charge < -0.3 is 0 Å². The third kappa shape index (κ3) is 3.38. The van der Waals surface area contributed by atoms with Gasteiger partial charge in [-0.3, -0.25) is 20.0 Å². The summed E-state index contributed by atoms with van der Waals surface area (Å²) in [5.74, 6) is 0. The Hall–Kier alpha value is -1.75. The summed E-state index contributed by atoms with van der Waals surface area (Å²) in [6.07, 6.45) is 6.18. The maximum absolute atomic E-state index is 4.33. The van der Waals surface area contributed by atoms with Crippen molar-refractivity contribution in [3.63, 3.8) is 0 Å². The molecule has 102 valence electrons. The first kappa shape index (κ1) is 13.7. The summed E-state index contributed by atoms with van der Waals surface area (Å²) in [4.78, 5) is 10.7. The highest BCUT2D eigenvalue weighted by molar-refractivity contribution is 5.22. The van der Waals surface area contributed by atoms with E-state index in [0.29, 0.717) is 6.04 Å². The summed E-state index contributed by atoms with van der Waals surface area (Å²) < 4.78 is 0. The van der Waals surface area contributed by atoms with Crippen LogP contribution in [0.25, 0.3) is 0 Å².